The van der Waals surface area contributed by atoms with Crippen molar-refractivity contribution in [2.24, 2.45) is 4.99 Å². The van der Waals surface area contributed by atoms with Crippen molar-refractivity contribution in [1.29, 1.82) is 0 Å². The number of nitrogens with one attached hydrogen (secondary N) is 2. The number of methoxy groups -OCH3 is 1. The zero-order valence-corrected chi connectivity index (χ0v) is 16.7. The molecule has 0 amide bonds. The number of benzene rings is 1. The van der Waals surface area contributed by atoms with Gasteiger partial charge in [0.25, 0.3) is 0 Å². The number of morpholine rings is 1. The fourth-order valence-corrected chi connectivity index (χ4v) is 3.35. The highest BCUT2D eigenvalue weighted by Crippen LogP contribution is 2.23. The summed E-state index contributed by atoms with van der Waals surface area (Å²) < 4.78 is 16.2. The molecule has 0 spiro atoms. The van der Waals surface area contributed by atoms with E-state index in [1.54, 1.807) is 20.4 Å². The van der Waals surface area contributed by atoms with Crippen LogP contribution in [0.4, 0.5) is 0 Å². The fourth-order valence-electron chi connectivity index (χ4n) is 3.35. The van der Waals surface area contributed by atoms with Gasteiger partial charge >= 0.3 is 0 Å². The molecular weight excluding hydrogens is 356 g/mol. The molecule has 2 N–H and O–H groups in total. The zero-order valence-electron chi connectivity index (χ0n) is 16.7. The maximum atomic E-state index is 5.53. The van der Waals surface area contributed by atoms with Crippen LogP contribution in [0.3, 0.4) is 0 Å². The Morgan fingerprint density at radius 1 is 1.18 bits per heavy atom. The summed E-state index contributed by atoms with van der Waals surface area (Å²) in [5, 5.41) is 6.82. The van der Waals surface area contributed by atoms with Crippen molar-refractivity contribution in [2.45, 2.75) is 12.5 Å². The summed E-state index contributed by atoms with van der Waals surface area (Å²) in [5.41, 5.74) is 1.25. The van der Waals surface area contributed by atoms with Gasteiger partial charge in [-0.15, -0.1) is 0 Å². The monoisotopic (exact) mass is 386 g/mol. The molecule has 28 heavy (non-hydrogen) atoms. The van der Waals surface area contributed by atoms with Gasteiger partial charge in [0.05, 0.1) is 32.6 Å². The smallest absolute Gasteiger partial charge is 0.191 e. The fraction of sp³-hybridized carbons (Fsp3) is 0.476. The molecule has 152 valence electrons. The van der Waals surface area contributed by atoms with Crippen LogP contribution >= 0.6 is 0 Å². The van der Waals surface area contributed by atoms with Crippen LogP contribution in [0.15, 0.2) is 52.1 Å². The van der Waals surface area contributed by atoms with Gasteiger partial charge in [0.2, 0.25) is 0 Å². The molecule has 1 unspecified atom stereocenters. The van der Waals surface area contributed by atoms with Crippen LogP contribution in [0, 0.1) is 0 Å². The molecule has 0 aliphatic carbocycles. The number of guanidine groups is 1. The molecule has 0 saturated carbocycles. The molecule has 1 aromatic heterocycles. The number of hydrogen-bond donors (Lipinski definition) is 2. The molecule has 7 heteroatoms. The summed E-state index contributed by atoms with van der Waals surface area (Å²) in [4.78, 5) is 6.80. The van der Waals surface area contributed by atoms with E-state index in [0.717, 1.165) is 63.3 Å². The highest BCUT2D eigenvalue weighted by atomic mass is 16.5. The summed E-state index contributed by atoms with van der Waals surface area (Å²) >= 11 is 0. The Kier molecular flexibility index (Phi) is 7.75. The van der Waals surface area contributed by atoms with Gasteiger partial charge in [-0.25, -0.2) is 0 Å². The van der Waals surface area contributed by atoms with E-state index in [1.165, 1.54) is 5.56 Å². The number of ether oxygens (including phenoxy) is 2. The Morgan fingerprint density at radius 2 is 1.96 bits per heavy atom. The molecule has 1 aliphatic heterocycles. The van der Waals surface area contributed by atoms with Crippen LogP contribution in [-0.4, -0.2) is 64.4 Å². The first-order valence-electron chi connectivity index (χ1n) is 9.73. The van der Waals surface area contributed by atoms with Gasteiger partial charge in [0.1, 0.15) is 11.5 Å². The third kappa shape index (κ3) is 5.74. The molecule has 0 bridgehead atoms. The summed E-state index contributed by atoms with van der Waals surface area (Å²) in [5.74, 6) is 2.62. The largest absolute Gasteiger partial charge is 0.497 e. The Balaban J connectivity index is 1.59. The number of rotatable bonds is 8. The highest BCUT2D eigenvalue weighted by Gasteiger charge is 2.23. The summed E-state index contributed by atoms with van der Waals surface area (Å²) in [6, 6.07) is 12.4. The molecule has 0 radical (unpaired) electrons. The maximum absolute atomic E-state index is 5.53. The van der Waals surface area contributed by atoms with Gasteiger partial charge < -0.3 is 24.5 Å². The van der Waals surface area contributed by atoms with Crippen LogP contribution in [0.5, 0.6) is 5.75 Å². The van der Waals surface area contributed by atoms with Gasteiger partial charge in [-0.1, -0.05) is 12.1 Å². The second-order valence-electron chi connectivity index (χ2n) is 6.65. The average Bonchev–Trinajstić information content (AvgIpc) is 3.27. The lowest BCUT2D eigenvalue weighted by atomic mass is 10.0. The third-order valence-electron chi connectivity index (χ3n) is 4.92. The van der Waals surface area contributed by atoms with E-state index in [1.807, 2.05) is 24.3 Å². The van der Waals surface area contributed by atoms with Gasteiger partial charge in [0, 0.05) is 39.6 Å². The minimum Gasteiger partial charge on any atom is -0.497 e. The first-order chi connectivity index (χ1) is 13.8. The number of nitrogens with zero attached hydrogens (tertiary/aromatic N) is 2. The van der Waals surface area contributed by atoms with Crippen molar-refractivity contribution in [1.82, 2.24) is 15.5 Å². The van der Waals surface area contributed by atoms with E-state index in [2.05, 4.69) is 32.7 Å². The zero-order chi connectivity index (χ0) is 19.6. The molecule has 7 nitrogen and oxygen atoms in total. The van der Waals surface area contributed by atoms with Gasteiger partial charge in [-0.3, -0.25) is 9.89 Å². The summed E-state index contributed by atoms with van der Waals surface area (Å²) in [7, 11) is 3.48. The minimum atomic E-state index is 0.235. The highest BCUT2D eigenvalue weighted by molar-refractivity contribution is 5.79. The molecule has 2 heterocycles. The summed E-state index contributed by atoms with van der Waals surface area (Å²) in [6.07, 6.45) is 2.52. The molecule has 1 aromatic carbocycles. The predicted octanol–water partition coefficient (Wildman–Crippen LogP) is 2.07. The Morgan fingerprint density at radius 3 is 2.61 bits per heavy atom. The molecule has 1 fully saturated rings. The molecule has 1 saturated heterocycles. The number of aliphatic imine (C=N–C) groups is 1. The lowest BCUT2D eigenvalue weighted by Gasteiger charge is -2.35. The van der Waals surface area contributed by atoms with Crippen LogP contribution in [0.1, 0.15) is 17.4 Å². The van der Waals surface area contributed by atoms with E-state index in [4.69, 9.17) is 13.9 Å². The molecule has 3 rings (SSSR count). The molecular formula is C21H30N4O3. The normalized spacial score (nSPS) is 16.6. The van der Waals surface area contributed by atoms with Gasteiger partial charge in [0.15, 0.2) is 5.96 Å². The maximum Gasteiger partial charge on any atom is 0.191 e. The Labute approximate surface area is 166 Å². The number of furan rings is 1. The van der Waals surface area contributed by atoms with Gasteiger partial charge in [-0.2, -0.15) is 0 Å². The van der Waals surface area contributed by atoms with Gasteiger partial charge in [-0.05, 0) is 29.8 Å². The standard InChI is InChI=1S/C21H30N4O3/c1-22-21(23-10-9-19-4-3-13-28-19)24-16-20(25-11-14-27-15-12-25)17-5-7-18(26-2)8-6-17/h3-8,13,20H,9-12,14-16H2,1-2H3,(H2,22,23,24). The van der Waals surface area contributed by atoms with Crippen molar-refractivity contribution in [3.05, 3.63) is 54.0 Å². The van der Waals surface area contributed by atoms with Crippen molar-refractivity contribution < 1.29 is 13.9 Å². The van der Waals surface area contributed by atoms with E-state index in [0.29, 0.717) is 0 Å². The Hall–Kier alpha value is -2.51. The van der Waals surface area contributed by atoms with E-state index < -0.39 is 0 Å². The van der Waals surface area contributed by atoms with E-state index in [9.17, 15) is 0 Å². The molecule has 1 atom stereocenters. The van der Waals surface area contributed by atoms with Crippen LogP contribution in [-0.2, 0) is 11.2 Å². The van der Waals surface area contributed by atoms with Crippen molar-refractivity contribution in [3.63, 3.8) is 0 Å². The lowest BCUT2D eigenvalue weighted by Crippen LogP contribution is -2.46. The quantitative estimate of drug-likeness (QED) is 0.535. The first kappa shape index (κ1) is 20.2. The van der Waals surface area contributed by atoms with Crippen molar-refractivity contribution in [3.8, 4) is 5.75 Å². The van der Waals surface area contributed by atoms with Crippen molar-refractivity contribution in [2.75, 3.05) is 53.6 Å². The van der Waals surface area contributed by atoms with E-state index >= 15 is 0 Å². The van der Waals surface area contributed by atoms with Crippen molar-refractivity contribution >= 4 is 5.96 Å². The van der Waals surface area contributed by atoms with E-state index in [-0.39, 0.29) is 6.04 Å². The second kappa shape index (κ2) is 10.7. The molecule has 2 aromatic rings. The predicted molar refractivity (Wildman–Crippen MR) is 110 cm³/mol. The average molecular weight is 386 g/mol. The Bertz CT molecular complexity index is 710. The third-order valence-corrected chi connectivity index (χ3v) is 4.92. The lowest BCUT2D eigenvalue weighted by molar-refractivity contribution is 0.0170. The van der Waals surface area contributed by atoms with Crippen LogP contribution < -0.4 is 15.4 Å². The summed E-state index contributed by atoms with van der Waals surface area (Å²) in [6.45, 7) is 4.89. The second-order valence-corrected chi connectivity index (χ2v) is 6.65. The number of hydrogen-bond acceptors (Lipinski definition) is 5. The van der Waals surface area contributed by atoms with Crippen LogP contribution in [0.25, 0.3) is 0 Å². The SMILES string of the molecule is CN=C(NCCc1ccco1)NCC(c1ccc(OC)cc1)N1CCOCC1. The van der Waals surface area contributed by atoms with Crippen LogP contribution in [0.2, 0.25) is 0 Å². The topological polar surface area (TPSA) is 71.3 Å². The first-order valence-corrected chi connectivity index (χ1v) is 9.73. The molecule has 1 aliphatic rings. The minimum absolute atomic E-state index is 0.235.